The molecule has 2 aromatic heterocycles. The highest BCUT2D eigenvalue weighted by molar-refractivity contribution is 7.19. The Balaban J connectivity index is 1.62. The Bertz CT molecular complexity index is 878. The zero-order valence-corrected chi connectivity index (χ0v) is 15.8. The van der Waals surface area contributed by atoms with Gasteiger partial charge in [0.1, 0.15) is 5.75 Å². The van der Waals surface area contributed by atoms with Crippen molar-refractivity contribution in [2.24, 2.45) is 0 Å². The molecule has 3 rings (SSSR count). The van der Waals surface area contributed by atoms with Crippen molar-refractivity contribution in [3.05, 3.63) is 46.3 Å². The van der Waals surface area contributed by atoms with Crippen LogP contribution in [0.15, 0.2) is 40.8 Å². The average Bonchev–Trinajstić information content (AvgIpc) is 3.28. The summed E-state index contributed by atoms with van der Waals surface area (Å²) in [6.45, 7) is 2.77. The van der Waals surface area contributed by atoms with Gasteiger partial charge in [0.25, 0.3) is 11.8 Å². The number of halogens is 1. The minimum Gasteiger partial charge on any atom is -0.494 e. The SMILES string of the molecule is CCCCCOc1cccc(C(=O)Nc2nnc(-c3ccc(Cl)s3)o2)c1. The third kappa shape index (κ3) is 4.83. The molecule has 6 nitrogen and oxygen atoms in total. The first kappa shape index (κ1) is 18.4. The highest BCUT2D eigenvalue weighted by atomic mass is 35.5. The van der Waals surface area contributed by atoms with Crippen LogP contribution in [0.2, 0.25) is 4.34 Å². The molecule has 0 aliphatic heterocycles. The lowest BCUT2D eigenvalue weighted by atomic mass is 10.2. The second kappa shape index (κ2) is 8.82. The van der Waals surface area contributed by atoms with Crippen molar-refractivity contribution >= 4 is 34.9 Å². The van der Waals surface area contributed by atoms with Gasteiger partial charge in [-0.15, -0.1) is 16.4 Å². The van der Waals surface area contributed by atoms with Crippen LogP contribution in [0, 0.1) is 0 Å². The zero-order valence-electron chi connectivity index (χ0n) is 14.2. The number of carbonyl (C=O) groups excluding carboxylic acids is 1. The van der Waals surface area contributed by atoms with E-state index in [1.54, 1.807) is 30.3 Å². The first-order valence-electron chi connectivity index (χ1n) is 8.29. The normalized spacial score (nSPS) is 10.7. The summed E-state index contributed by atoms with van der Waals surface area (Å²) >= 11 is 7.22. The Morgan fingerprint density at radius 1 is 1.27 bits per heavy atom. The molecule has 0 fully saturated rings. The number of unbranched alkanes of at least 4 members (excludes halogenated alkanes) is 2. The number of hydrogen-bond donors (Lipinski definition) is 1. The van der Waals surface area contributed by atoms with Crippen LogP contribution in [0.1, 0.15) is 36.5 Å². The molecule has 8 heteroatoms. The van der Waals surface area contributed by atoms with Gasteiger partial charge in [-0.1, -0.05) is 42.5 Å². The van der Waals surface area contributed by atoms with Crippen LogP contribution in [0.25, 0.3) is 10.8 Å². The summed E-state index contributed by atoms with van der Waals surface area (Å²) < 4.78 is 11.8. The molecule has 0 radical (unpaired) electrons. The molecule has 0 atom stereocenters. The predicted molar refractivity (Wildman–Crippen MR) is 102 cm³/mol. The molecule has 0 spiro atoms. The monoisotopic (exact) mass is 391 g/mol. The van der Waals surface area contributed by atoms with Gasteiger partial charge in [-0.3, -0.25) is 10.1 Å². The number of rotatable bonds is 8. The number of nitrogens with zero attached hydrogens (tertiary/aromatic N) is 2. The molecule has 0 unspecified atom stereocenters. The number of hydrogen-bond acceptors (Lipinski definition) is 6. The number of amides is 1. The molecule has 0 saturated carbocycles. The van der Waals surface area contributed by atoms with E-state index in [1.165, 1.54) is 11.3 Å². The smallest absolute Gasteiger partial charge is 0.322 e. The predicted octanol–water partition coefficient (Wildman–Crippen LogP) is 5.27. The molecule has 1 amide bonds. The lowest BCUT2D eigenvalue weighted by Gasteiger charge is -2.07. The lowest BCUT2D eigenvalue weighted by Crippen LogP contribution is -2.12. The van der Waals surface area contributed by atoms with Crippen molar-refractivity contribution in [2.45, 2.75) is 26.2 Å². The van der Waals surface area contributed by atoms with E-state index in [1.807, 2.05) is 6.07 Å². The number of nitrogens with one attached hydrogen (secondary N) is 1. The molecule has 136 valence electrons. The van der Waals surface area contributed by atoms with Crippen LogP contribution >= 0.6 is 22.9 Å². The van der Waals surface area contributed by atoms with Crippen LogP contribution in [0.5, 0.6) is 5.75 Å². The van der Waals surface area contributed by atoms with Crippen LogP contribution in [0.3, 0.4) is 0 Å². The van der Waals surface area contributed by atoms with Gasteiger partial charge in [-0.05, 0) is 36.8 Å². The van der Waals surface area contributed by atoms with E-state index < -0.39 is 0 Å². The van der Waals surface area contributed by atoms with Gasteiger partial charge in [-0.25, -0.2) is 0 Å². The average molecular weight is 392 g/mol. The molecule has 0 aliphatic carbocycles. The van der Waals surface area contributed by atoms with Gasteiger partial charge in [0.05, 0.1) is 15.8 Å². The number of anilines is 1. The third-order valence-electron chi connectivity index (χ3n) is 3.54. The molecular weight excluding hydrogens is 374 g/mol. The number of carbonyl (C=O) groups is 1. The fourth-order valence-electron chi connectivity index (χ4n) is 2.24. The van der Waals surface area contributed by atoms with E-state index in [2.05, 4.69) is 22.4 Å². The first-order chi connectivity index (χ1) is 12.7. The Hall–Kier alpha value is -2.38. The maximum atomic E-state index is 12.4. The molecule has 0 bridgehead atoms. The van der Waals surface area contributed by atoms with Crippen molar-refractivity contribution in [1.29, 1.82) is 0 Å². The van der Waals surface area contributed by atoms with Crippen molar-refractivity contribution < 1.29 is 13.9 Å². The number of aromatic nitrogens is 2. The highest BCUT2D eigenvalue weighted by Gasteiger charge is 2.14. The van der Waals surface area contributed by atoms with Crippen LogP contribution in [-0.4, -0.2) is 22.7 Å². The van der Waals surface area contributed by atoms with E-state index in [9.17, 15) is 4.79 Å². The molecular formula is C18H18ClN3O3S. The Morgan fingerprint density at radius 3 is 2.92 bits per heavy atom. The number of benzene rings is 1. The summed E-state index contributed by atoms with van der Waals surface area (Å²) in [5, 5.41) is 10.4. The summed E-state index contributed by atoms with van der Waals surface area (Å²) in [4.78, 5) is 13.1. The summed E-state index contributed by atoms with van der Waals surface area (Å²) in [7, 11) is 0. The molecule has 1 N–H and O–H groups in total. The summed E-state index contributed by atoms with van der Waals surface area (Å²) in [5.41, 5.74) is 0.455. The molecule has 1 aromatic carbocycles. The fourth-order valence-corrected chi connectivity index (χ4v) is 3.21. The largest absolute Gasteiger partial charge is 0.494 e. The van der Waals surface area contributed by atoms with Gasteiger partial charge < -0.3 is 9.15 Å². The van der Waals surface area contributed by atoms with Crippen molar-refractivity contribution in [3.63, 3.8) is 0 Å². The topological polar surface area (TPSA) is 77.2 Å². The van der Waals surface area contributed by atoms with E-state index in [0.717, 1.165) is 24.1 Å². The van der Waals surface area contributed by atoms with Crippen LogP contribution in [0.4, 0.5) is 6.01 Å². The standard InChI is InChI=1S/C18H18ClN3O3S/c1-2-3-4-10-24-13-7-5-6-12(11-13)16(23)20-18-22-21-17(25-18)14-8-9-15(19)26-14/h5-9,11H,2-4,10H2,1H3,(H,20,22,23). The molecule has 3 aromatic rings. The summed E-state index contributed by atoms with van der Waals surface area (Å²) in [6.07, 6.45) is 3.25. The van der Waals surface area contributed by atoms with E-state index in [0.29, 0.717) is 28.1 Å². The molecule has 26 heavy (non-hydrogen) atoms. The second-order valence-electron chi connectivity index (χ2n) is 5.55. The second-order valence-corrected chi connectivity index (χ2v) is 7.27. The van der Waals surface area contributed by atoms with E-state index in [-0.39, 0.29) is 11.9 Å². The van der Waals surface area contributed by atoms with Gasteiger partial charge in [0.15, 0.2) is 0 Å². The van der Waals surface area contributed by atoms with Gasteiger partial charge in [-0.2, -0.15) is 0 Å². The molecule has 0 aliphatic rings. The summed E-state index contributed by atoms with van der Waals surface area (Å²) in [5.74, 6) is 0.627. The van der Waals surface area contributed by atoms with Gasteiger partial charge >= 0.3 is 6.01 Å². The van der Waals surface area contributed by atoms with E-state index >= 15 is 0 Å². The van der Waals surface area contributed by atoms with Gasteiger partial charge in [0, 0.05) is 5.56 Å². The van der Waals surface area contributed by atoms with E-state index in [4.69, 9.17) is 20.8 Å². The number of ether oxygens (including phenoxy) is 1. The molecule has 2 heterocycles. The Morgan fingerprint density at radius 2 is 2.15 bits per heavy atom. The van der Waals surface area contributed by atoms with Crippen molar-refractivity contribution in [3.8, 4) is 16.5 Å². The number of thiophene rings is 1. The van der Waals surface area contributed by atoms with Crippen LogP contribution < -0.4 is 10.1 Å². The lowest BCUT2D eigenvalue weighted by molar-refractivity contribution is 0.102. The maximum absolute atomic E-state index is 12.4. The van der Waals surface area contributed by atoms with Crippen LogP contribution in [-0.2, 0) is 0 Å². The molecule has 0 saturated heterocycles. The Labute approximate surface area is 160 Å². The first-order valence-corrected chi connectivity index (χ1v) is 9.48. The maximum Gasteiger partial charge on any atom is 0.322 e. The minimum absolute atomic E-state index is 0.0313. The summed E-state index contributed by atoms with van der Waals surface area (Å²) in [6, 6.07) is 10.6. The van der Waals surface area contributed by atoms with Crippen molar-refractivity contribution in [1.82, 2.24) is 10.2 Å². The zero-order chi connectivity index (χ0) is 18.4. The minimum atomic E-state index is -0.344. The van der Waals surface area contributed by atoms with Gasteiger partial charge in [0.2, 0.25) is 0 Å². The fraction of sp³-hybridized carbons (Fsp3) is 0.278. The van der Waals surface area contributed by atoms with Crippen molar-refractivity contribution in [2.75, 3.05) is 11.9 Å². The highest BCUT2D eigenvalue weighted by Crippen LogP contribution is 2.30. The third-order valence-corrected chi connectivity index (χ3v) is 4.76. The quantitative estimate of drug-likeness (QED) is 0.529. The Kier molecular flexibility index (Phi) is 6.25.